The fraction of sp³-hybridized carbons (Fsp3) is 0.312. The van der Waals surface area contributed by atoms with Gasteiger partial charge in [-0.2, -0.15) is 5.26 Å². The molecule has 1 aliphatic rings. The van der Waals surface area contributed by atoms with Crippen molar-refractivity contribution in [2.45, 2.75) is 30.8 Å². The Morgan fingerprint density at radius 2 is 2.15 bits per heavy atom. The highest BCUT2D eigenvalue weighted by Gasteiger charge is 2.45. The summed E-state index contributed by atoms with van der Waals surface area (Å²) in [4.78, 5) is 0. The lowest BCUT2D eigenvalue weighted by atomic mass is 9.67. The maximum Gasteiger partial charge on any atom is 0.148 e. The number of aliphatic hydroxyl groups is 1. The first-order valence-electron chi connectivity index (χ1n) is 6.59. The minimum Gasteiger partial charge on any atom is -0.465 e. The third-order valence-electron chi connectivity index (χ3n) is 4.07. The number of nitrogens with zero attached hydrogens (tertiary/aromatic N) is 1. The van der Waals surface area contributed by atoms with Gasteiger partial charge in [-0.1, -0.05) is 24.3 Å². The van der Waals surface area contributed by atoms with E-state index in [0.717, 1.165) is 24.0 Å². The number of aryl methyl sites for hydroxylation is 1. The van der Waals surface area contributed by atoms with Crippen molar-refractivity contribution in [3.05, 3.63) is 58.0 Å². The van der Waals surface area contributed by atoms with E-state index in [4.69, 9.17) is 4.42 Å². The van der Waals surface area contributed by atoms with Crippen molar-refractivity contribution >= 4 is 15.9 Å². The highest BCUT2D eigenvalue weighted by Crippen LogP contribution is 2.47. The quantitative estimate of drug-likeness (QED) is 0.908. The first kappa shape index (κ1) is 13.4. The maximum atomic E-state index is 10.8. The summed E-state index contributed by atoms with van der Waals surface area (Å²) >= 11 is 3.36. The zero-order chi connectivity index (χ0) is 14.2. The van der Waals surface area contributed by atoms with Gasteiger partial charge in [-0.15, -0.1) is 0 Å². The second-order valence-electron chi connectivity index (χ2n) is 5.13. The minimum absolute atomic E-state index is 0.420. The molecule has 20 heavy (non-hydrogen) atoms. The molecular weight excluding hydrogens is 318 g/mol. The summed E-state index contributed by atoms with van der Waals surface area (Å²) in [5.74, 6) is 0.420. The van der Waals surface area contributed by atoms with Crippen LogP contribution in [0.25, 0.3) is 0 Å². The van der Waals surface area contributed by atoms with Gasteiger partial charge >= 0.3 is 0 Å². The van der Waals surface area contributed by atoms with Crippen molar-refractivity contribution in [3.63, 3.8) is 0 Å². The van der Waals surface area contributed by atoms with E-state index in [2.05, 4.69) is 22.0 Å². The zero-order valence-electron chi connectivity index (χ0n) is 10.8. The van der Waals surface area contributed by atoms with E-state index in [1.54, 1.807) is 6.07 Å². The average Bonchev–Trinajstić information content (AvgIpc) is 2.92. The Bertz CT molecular complexity index is 673. The van der Waals surface area contributed by atoms with Gasteiger partial charge in [0, 0.05) is 0 Å². The van der Waals surface area contributed by atoms with Gasteiger partial charge < -0.3 is 9.52 Å². The number of hydrogen-bond acceptors (Lipinski definition) is 3. The molecule has 2 unspecified atom stereocenters. The second-order valence-corrected chi connectivity index (χ2v) is 5.98. The molecule has 1 aromatic heterocycles. The van der Waals surface area contributed by atoms with Crippen molar-refractivity contribution in [2.75, 3.05) is 0 Å². The summed E-state index contributed by atoms with van der Waals surface area (Å²) in [5.41, 5.74) is 1.13. The van der Waals surface area contributed by atoms with E-state index in [1.807, 2.05) is 24.3 Å². The molecule has 102 valence electrons. The van der Waals surface area contributed by atoms with Crippen molar-refractivity contribution in [1.29, 1.82) is 5.26 Å². The summed E-state index contributed by atoms with van der Waals surface area (Å²) in [6.07, 6.45) is 3.02. The number of furan rings is 1. The van der Waals surface area contributed by atoms with Gasteiger partial charge in [0.25, 0.3) is 0 Å². The molecular formula is C16H14BrNO2. The zero-order valence-corrected chi connectivity index (χ0v) is 12.4. The van der Waals surface area contributed by atoms with Crippen molar-refractivity contribution in [1.82, 2.24) is 0 Å². The standard InChI is InChI=1S/C16H14BrNO2/c17-13-7-9-20-14(13)15(19)16(10-18)8-3-5-11-4-1-2-6-12(11)16/h1-2,4,6-7,9,15,19H,3,5,8H2. The number of nitriles is 1. The van der Waals surface area contributed by atoms with Crippen LogP contribution in [0.1, 0.15) is 35.8 Å². The summed E-state index contributed by atoms with van der Waals surface area (Å²) in [6.45, 7) is 0. The lowest BCUT2D eigenvalue weighted by Gasteiger charge is -2.36. The first-order valence-corrected chi connectivity index (χ1v) is 7.39. The monoisotopic (exact) mass is 331 g/mol. The van der Waals surface area contributed by atoms with Gasteiger partial charge in [0.05, 0.1) is 16.8 Å². The molecule has 0 amide bonds. The minimum atomic E-state index is -0.974. The molecule has 0 aliphatic heterocycles. The van der Waals surface area contributed by atoms with Crippen LogP contribution in [0.3, 0.4) is 0 Å². The fourth-order valence-electron chi connectivity index (χ4n) is 3.05. The van der Waals surface area contributed by atoms with Crippen LogP contribution < -0.4 is 0 Å². The number of rotatable bonds is 2. The third-order valence-corrected chi connectivity index (χ3v) is 4.73. The molecule has 1 heterocycles. The van der Waals surface area contributed by atoms with Gasteiger partial charge in [0.2, 0.25) is 0 Å². The SMILES string of the molecule is N#CC1(C(O)c2occc2Br)CCCc2ccccc21. The van der Waals surface area contributed by atoms with E-state index in [1.165, 1.54) is 6.26 Å². The molecule has 0 spiro atoms. The molecule has 0 bridgehead atoms. The predicted molar refractivity (Wildman–Crippen MR) is 78.0 cm³/mol. The Morgan fingerprint density at radius 1 is 1.35 bits per heavy atom. The van der Waals surface area contributed by atoms with Crippen LogP contribution in [0.4, 0.5) is 0 Å². The molecule has 0 saturated carbocycles. The molecule has 3 nitrogen and oxygen atoms in total. The topological polar surface area (TPSA) is 57.2 Å². The second kappa shape index (κ2) is 5.08. The summed E-state index contributed by atoms with van der Waals surface area (Å²) in [5, 5.41) is 20.5. The summed E-state index contributed by atoms with van der Waals surface area (Å²) < 4.78 is 6.07. The van der Waals surface area contributed by atoms with Crippen LogP contribution in [0, 0.1) is 11.3 Å². The van der Waals surface area contributed by atoms with Gasteiger partial charge in [-0.05, 0) is 52.4 Å². The molecule has 0 fully saturated rings. The Balaban J connectivity index is 2.15. The van der Waals surface area contributed by atoms with E-state index in [0.29, 0.717) is 16.7 Å². The number of benzene rings is 1. The smallest absolute Gasteiger partial charge is 0.148 e. The van der Waals surface area contributed by atoms with Gasteiger partial charge in [-0.25, -0.2) is 0 Å². The first-order chi connectivity index (χ1) is 9.69. The van der Waals surface area contributed by atoms with Gasteiger partial charge in [-0.3, -0.25) is 0 Å². The van der Waals surface area contributed by atoms with Crippen molar-refractivity contribution in [3.8, 4) is 6.07 Å². The lowest BCUT2D eigenvalue weighted by Crippen LogP contribution is -2.36. The Hall–Kier alpha value is -1.57. The third kappa shape index (κ3) is 1.90. The van der Waals surface area contributed by atoms with E-state index in [-0.39, 0.29) is 0 Å². The largest absolute Gasteiger partial charge is 0.465 e. The molecule has 1 aliphatic carbocycles. The van der Waals surface area contributed by atoms with Crippen LogP contribution in [-0.4, -0.2) is 5.11 Å². The van der Waals surface area contributed by atoms with Gasteiger partial charge in [0.1, 0.15) is 17.3 Å². The Labute approximate surface area is 126 Å². The highest BCUT2D eigenvalue weighted by molar-refractivity contribution is 9.10. The molecule has 1 N–H and O–H groups in total. The van der Waals surface area contributed by atoms with Crippen LogP contribution in [-0.2, 0) is 11.8 Å². The number of halogens is 1. The van der Waals surface area contributed by atoms with Crippen LogP contribution in [0.2, 0.25) is 0 Å². The van der Waals surface area contributed by atoms with Crippen molar-refractivity contribution < 1.29 is 9.52 Å². The van der Waals surface area contributed by atoms with E-state index in [9.17, 15) is 10.4 Å². The highest BCUT2D eigenvalue weighted by atomic mass is 79.9. The van der Waals surface area contributed by atoms with E-state index >= 15 is 0 Å². The molecule has 2 aromatic rings. The Kier molecular flexibility index (Phi) is 3.41. The lowest BCUT2D eigenvalue weighted by molar-refractivity contribution is 0.0774. The summed E-state index contributed by atoms with van der Waals surface area (Å²) in [6, 6.07) is 12.0. The molecule has 4 heteroatoms. The molecule has 0 saturated heterocycles. The van der Waals surface area contributed by atoms with Crippen LogP contribution >= 0.6 is 15.9 Å². The maximum absolute atomic E-state index is 10.8. The van der Waals surface area contributed by atoms with E-state index < -0.39 is 11.5 Å². The summed E-state index contributed by atoms with van der Waals surface area (Å²) in [7, 11) is 0. The number of aliphatic hydroxyl groups excluding tert-OH is 1. The van der Waals surface area contributed by atoms with Crippen LogP contribution in [0.15, 0.2) is 45.5 Å². The van der Waals surface area contributed by atoms with Crippen molar-refractivity contribution in [2.24, 2.45) is 0 Å². The molecule has 1 aromatic carbocycles. The molecule has 0 radical (unpaired) electrons. The fourth-order valence-corrected chi connectivity index (χ4v) is 3.47. The molecule has 2 atom stereocenters. The van der Waals surface area contributed by atoms with Gasteiger partial charge in [0.15, 0.2) is 0 Å². The Morgan fingerprint density at radius 3 is 2.85 bits per heavy atom. The predicted octanol–water partition coefficient (Wildman–Crippen LogP) is 3.87. The average molecular weight is 332 g/mol. The number of fused-ring (bicyclic) bond motifs is 1. The number of hydrogen-bond donors (Lipinski definition) is 1. The normalized spacial score (nSPS) is 22.9. The van der Waals surface area contributed by atoms with Crippen LogP contribution in [0.5, 0.6) is 0 Å². The molecule has 3 rings (SSSR count).